The minimum absolute atomic E-state index is 0.334. The molecule has 3 heterocycles. The van der Waals surface area contributed by atoms with Gasteiger partial charge >= 0.3 is 0 Å². The van der Waals surface area contributed by atoms with Crippen molar-refractivity contribution >= 4 is 17.2 Å². The molecule has 0 amide bonds. The van der Waals surface area contributed by atoms with Gasteiger partial charge in [0, 0.05) is 30.5 Å². The van der Waals surface area contributed by atoms with Crippen LogP contribution in [0.25, 0.3) is 11.3 Å². The average Bonchev–Trinajstić information content (AvgIpc) is 3.13. The molecule has 2 aromatic heterocycles. The van der Waals surface area contributed by atoms with Crippen molar-refractivity contribution in [3.8, 4) is 11.3 Å². The number of pyridine rings is 1. The van der Waals surface area contributed by atoms with Crippen LogP contribution in [0, 0.1) is 6.92 Å². The number of nitrogens with two attached hydrogens (primary N) is 2. The molecule has 0 unspecified atom stereocenters. The molecule has 0 bridgehead atoms. The average molecular weight is 419 g/mol. The predicted octanol–water partition coefficient (Wildman–Crippen LogP) is 3.37. The largest absolute Gasteiger partial charge is 0.364 e. The van der Waals surface area contributed by atoms with Crippen molar-refractivity contribution in [2.45, 2.75) is 46.7 Å². The smallest absolute Gasteiger partial charge is 0.140 e. The van der Waals surface area contributed by atoms with Crippen LogP contribution in [0.1, 0.15) is 43.9 Å². The summed E-state index contributed by atoms with van der Waals surface area (Å²) in [7, 11) is 0. The molecule has 162 valence electrons. The molecule has 1 aliphatic heterocycles. The zero-order chi connectivity index (χ0) is 22.1. The summed E-state index contributed by atoms with van der Waals surface area (Å²) >= 11 is 0. The second kappa shape index (κ2) is 8.39. The standard InChI is InChI=1S/C23H30N8/c1-15(2)22-20(6-5-11-26-22)23-21-14-29(12-13-30(21)16(3)27-23)18-7-9-19(10-8-18)31(25)17(4)28-24/h5-11,15H,12-14,24-25H2,1-4H3/b28-17-. The fourth-order valence-electron chi connectivity index (χ4n) is 4.13. The van der Waals surface area contributed by atoms with Crippen molar-refractivity contribution in [1.29, 1.82) is 0 Å². The first-order valence-corrected chi connectivity index (χ1v) is 10.6. The third-order valence-electron chi connectivity index (χ3n) is 5.87. The molecule has 8 nitrogen and oxygen atoms in total. The van der Waals surface area contributed by atoms with E-state index in [0.717, 1.165) is 53.8 Å². The Balaban J connectivity index is 1.65. The molecule has 4 rings (SSSR count). The third-order valence-corrected chi connectivity index (χ3v) is 5.87. The number of nitrogens with zero attached hydrogens (tertiary/aromatic N) is 6. The number of hydrogen-bond acceptors (Lipinski definition) is 6. The second-order valence-electron chi connectivity index (χ2n) is 8.18. The Labute approximate surface area is 183 Å². The summed E-state index contributed by atoms with van der Waals surface area (Å²) in [5.74, 6) is 13.3. The summed E-state index contributed by atoms with van der Waals surface area (Å²) in [5, 5.41) is 5.13. The minimum Gasteiger partial charge on any atom is -0.364 e. The number of rotatable bonds is 4. The van der Waals surface area contributed by atoms with E-state index in [1.54, 1.807) is 6.92 Å². The summed E-state index contributed by atoms with van der Waals surface area (Å²) in [6.07, 6.45) is 1.86. The van der Waals surface area contributed by atoms with Crippen LogP contribution in [0.3, 0.4) is 0 Å². The summed E-state index contributed by atoms with van der Waals surface area (Å²) in [5.41, 5.74) is 6.47. The summed E-state index contributed by atoms with van der Waals surface area (Å²) in [6.45, 7) is 10.8. The molecule has 1 aliphatic rings. The molecule has 8 heteroatoms. The van der Waals surface area contributed by atoms with Gasteiger partial charge in [0.2, 0.25) is 0 Å². The molecule has 0 aliphatic carbocycles. The van der Waals surface area contributed by atoms with E-state index in [1.165, 1.54) is 10.7 Å². The van der Waals surface area contributed by atoms with E-state index in [0.29, 0.717) is 11.8 Å². The molecule has 0 atom stereocenters. The lowest BCUT2D eigenvalue weighted by atomic mass is 10.00. The van der Waals surface area contributed by atoms with Crippen molar-refractivity contribution in [2.75, 3.05) is 16.5 Å². The Morgan fingerprint density at radius 1 is 1.16 bits per heavy atom. The zero-order valence-corrected chi connectivity index (χ0v) is 18.6. The van der Waals surface area contributed by atoms with E-state index in [1.807, 2.05) is 24.4 Å². The molecule has 3 aromatic rings. The van der Waals surface area contributed by atoms with Gasteiger partial charge in [-0.2, -0.15) is 5.10 Å². The van der Waals surface area contributed by atoms with E-state index >= 15 is 0 Å². The van der Waals surface area contributed by atoms with Crippen LogP contribution in [-0.2, 0) is 13.1 Å². The van der Waals surface area contributed by atoms with Crippen LogP contribution < -0.4 is 21.6 Å². The highest BCUT2D eigenvalue weighted by Gasteiger charge is 2.25. The van der Waals surface area contributed by atoms with Gasteiger partial charge in [-0.15, -0.1) is 0 Å². The van der Waals surface area contributed by atoms with E-state index in [-0.39, 0.29) is 0 Å². The number of aromatic nitrogens is 3. The van der Waals surface area contributed by atoms with Gasteiger partial charge in [-0.1, -0.05) is 13.8 Å². The Bertz CT molecular complexity index is 1100. The van der Waals surface area contributed by atoms with Crippen molar-refractivity contribution in [3.63, 3.8) is 0 Å². The number of hydrogen-bond donors (Lipinski definition) is 2. The Kier molecular flexibility index (Phi) is 5.65. The lowest BCUT2D eigenvalue weighted by Crippen LogP contribution is -2.36. The quantitative estimate of drug-likeness (QED) is 0.292. The summed E-state index contributed by atoms with van der Waals surface area (Å²) < 4.78 is 2.33. The molecule has 4 N–H and O–H groups in total. The van der Waals surface area contributed by atoms with Gasteiger partial charge in [-0.25, -0.2) is 10.8 Å². The molecule has 0 radical (unpaired) electrons. The number of anilines is 2. The number of amidine groups is 1. The van der Waals surface area contributed by atoms with Gasteiger partial charge in [0.25, 0.3) is 0 Å². The van der Waals surface area contributed by atoms with Crippen molar-refractivity contribution in [1.82, 2.24) is 14.5 Å². The van der Waals surface area contributed by atoms with Crippen molar-refractivity contribution < 1.29 is 0 Å². The van der Waals surface area contributed by atoms with Gasteiger partial charge in [0.1, 0.15) is 11.7 Å². The summed E-state index contributed by atoms with van der Waals surface area (Å²) in [6, 6.07) is 12.3. The number of imidazole rings is 1. The predicted molar refractivity (Wildman–Crippen MR) is 126 cm³/mol. The van der Waals surface area contributed by atoms with Gasteiger partial charge in [0.15, 0.2) is 0 Å². The Morgan fingerprint density at radius 3 is 2.58 bits per heavy atom. The molecular formula is C23H30N8. The van der Waals surface area contributed by atoms with Gasteiger partial charge in [0.05, 0.1) is 29.3 Å². The van der Waals surface area contributed by atoms with E-state index in [9.17, 15) is 0 Å². The highest BCUT2D eigenvalue weighted by Crippen LogP contribution is 2.33. The maximum absolute atomic E-state index is 6.06. The third kappa shape index (κ3) is 3.86. The normalized spacial score (nSPS) is 14.1. The summed E-state index contributed by atoms with van der Waals surface area (Å²) in [4.78, 5) is 12.0. The number of hydrazine groups is 1. The molecule has 31 heavy (non-hydrogen) atoms. The van der Waals surface area contributed by atoms with E-state index in [2.05, 4.69) is 58.5 Å². The lowest BCUT2D eigenvalue weighted by molar-refractivity contribution is 0.560. The van der Waals surface area contributed by atoms with Crippen LogP contribution in [0.4, 0.5) is 11.4 Å². The maximum Gasteiger partial charge on any atom is 0.140 e. The number of benzene rings is 1. The number of aryl methyl sites for hydroxylation is 1. The minimum atomic E-state index is 0.334. The molecule has 0 saturated heterocycles. The Hall–Kier alpha value is -3.39. The monoisotopic (exact) mass is 418 g/mol. The first-order valence-electron chi connectivity index (χ1n) is 10.6. The molecular weight excluding hydrogens is 388 g/mol. The molecule has 0 saturated carbocycles. The second-order valence-corrected chi connectivity index (χ2v) is 8.18. The maximum atomic E-state index is 6.06. The van der Waals surface area contributed by atoms with Crippen LogP contribution in [0.15, 0.2) is 47.7 Å². The molecule has 0 fully saturated rings. The molecule has 0 spiro atoms. The van der Waals surface area contributed by atoms with Crippen molar-refractivity contribution in [2.24, 2.45) is 16.8 Å². The first kappa shape index (κ1) is 20.9. The SMILES string of the molecule is C/C(=N/N)N(N)c1ccc(N2CCn3c(C)nc(-c4cccnc4C(C)C)c3C2)cc1. The highest BCUT2D eigenvalue weighted by atomic mass is 15.4. The fourth-order valence-corrected chi connectivity index (χ4v) is 4.13. The van der Waals surface area contributed by atoms with E-state index in [4.69, 9.17) is 16.7 Å². The van der Waals surface area contributed by atoms with Gasteiger partial charge in [-0.05, 0) is 56.2 Å². The van der Waals surface area contributed by atoms with Crippen molar-refractivity contribution in [3.05, 3.63) is 59.8 Å². The lowest BCUT2D eigenvalue weighted by Gasteiger charge is -2.31. The zero-order valence-electron chi connectivity index (χ0n) is 18.6. The van der Waals surface area contributed by atoms with E-state index < -0.39 is 0 Å². The number of fused-ring (bicyclic) bond motifs is 1. The number of hydrazone groups is 1. The van der Waals surface area contributed by atoms with Crippen LogP contribution in [-0.4, -0.2) is 26.9 Å². The topological polar surface area (TPSA) is 102 Å². The van der Waals surface area contributed by atoms with Gasteiger partial charge < -0.3 is 15.3 Å². The highest BCUT2D eigenvalue weighted by molar-refractivity contribution is 5.94. The first-order chi connectivity index (χ1) is 14.9. The van der Waals surface area contributed by atoms with Gasteiger partial charge in [-0.3, -0.25) is 9.99 Å². The van der Waals surface area contributed by atoms with Crippen LogP contribution in [0.2, 0.25) is 0 Å². The molecule has 1 aromatic carbocycles. The van der Waals surface area contributed by atoms with Crippen LogP contribution >= 0.6 is 0 Å². The van der Waals surface area contributed by atoms with Crippen LogP contribution in [0.5, 0.6) is 0 Å². The Morgan fingerprint density at radius 2 is 1.90 bits per heavy atom. The fraction of sp³-hybridized carbons (Fsp3) is 0.348.